The smallest absolute Gasteiger partial charge is 0.0811 e. The number of allylic oxidation sites excluding steroid dienone is 1. The maximum Gasteiger partial charge on any atom is 0.0811 e. The van der Waals surface area contributed by atoms with Crippen LogP contribution in [0, 0.1) is 0 Å². The zero-order valence-electron chi connectivity index (χ0n) is 11.0. The Hall–Kier alpha value is -1.91. The summed E-state index contributed by atoms with van der Waals surface area (Å²) in [6.45, 7) is 3.73. The topological polar surface area (TPSA) is 55.9 Å². The van der Waals surface area contributed by atoms with Crippen molar-refractivity contribution in [3.05, 3.63) is 60.9 Å². The summed E-state index contributed by atoms with van der Waals surface area (Å²) in [6, 6.07) is 12.1. The first-order valence-corrected chi connectivity index (χ1v) is 6.53. The first-order chi connectivity index (χ1) is 9.35. The molecule has 1 unspecified atom stereocenters. The van der Waals surface area contributed by atoms with Crippen LogP contribution < -0.4 is 11.3 Å². The summed E-state index contributed by atoms with van der Waals surface area (Å²) in [4.78, 5) is 0. The summed E-state index contributed by atoms with van der Waals surface area (Å²) in [5.41, 5.74) is 4.85. The first-order valence-electron chi connectivity index (χ1n) is 6.53. The number of nitrogens with two attached hydrogens (primary N) is 1. The number of para-hydroxylation sites is 1. The van der Waals surface area contributed by atoms with E-state index in [0.717, 1.165) is 30.6 Å². The van der Waals surface area contributed by atoms with Gasteiger partial charge in [-0.05, 0) is 37.5 Å². The van der Waals surface area contributed by atoms with Gasteiger partial charge in [-0.2, -0.15) is 5.10 Å². The predicted molar refractivity (Wildman–Crippen MR) is 77.7 cm³/mol. The van der Waals surface area contributed by atoms with Crippen LogP contribution in [-0.4, -0.2) is 9.78 Å². The lowest BCUT2D eigenvalue weighted by Gasteiger charge is -2.12. The van der Waals surface area contributed by atoms with E-state index in [1.54, 1.807) is 0 Å². The Bertz CT molecular complexity index is 504. The Morgan fingerprint density at radius 1 is 1.32 bits per heavy atom. The van der Waals surface area contributed by atoms with Gasteiger partial charge in [0, 0.05) is 6.20 Å². The molecule has 0 bridgehead atoms. The summed E-state index contributed by atoms with van der Waals surface area (Å²) in [6.07, 6.45) is 6.89. The third-order valence-electron chi connectivity index (χ3n) is 3.09. The fourth-order valence-corrected chi connectivity index (χ4v) is 2.03. The lowest BCUT2D eigenvalue weighted by atomic mass is 10.1. The maximum absolute atomic E-state index is 5.61. The molecule has 0 fully saturated rings. The lowest BCUT2D eigenvalue weighted by Crippen LogP contribution is -2.28. The Balaban J connectivity index is 2.08. The Morgan fingerprint density at radius 3 is 2.79 bits per heavy atom. The number of nitrogens with one attached hydrogen (secondary N) is 1. The standard InChI is InChI=1S/C15H20N4/c1-2-3-5-10-14(17-16)15-11-12-19(18-15)13-8-6-4-7-9-13/h2,4,6-9,11-12,14,17H,1,3,5,10,16H2. The monoisotopic (exact) mass is 256 g/mol. The number of rotatable bonds is 7. The fraction of sp³-hybridized carbons (Fsp3) is 0.267. The molecule has 100 valence electrons. The van der Waals surface area contributed by atoms with Crippen molar-refractivity contribution in [1.29, 1.82) is 0 Å². The van der Waals surface area contributed by atoms with E-state index in [4.69, 9.17) is 5.84 Å². The van der Waals surface area contributed by atoms with Gasteiger partial charge in [0.2, 0.25) is 0 Å². The predicted octanol–water partition coefficient (Wildman–Crippen LogP) is 2.73. The minimum absolute atomic E-state index is 0.0879. The highest BCUT2D eigenvalue weighted by atomic mass is 15.3. The van der Waals surface area contributed by atoms with Crippen LogP contribution >= 0.6 is 0 Å². The van der Waals surface area contributed by atoms with Gasteiger partial charge in [-0.1, -0.05) is 24.3 Å². The third-order valence-corrected chi connectivity index (χ3v) is 3.09. The quantitative estimate of drug-likeness (QED) is 0.346. The zero-order chi connectivity index (χ0) is 13.5. The van der Waals surface area contributed by atoms with E-state index in [-0.39, 0.29) is 6.04 Å². The Kier molecular flexibility index (Phi) is 4.89. The summed E-state index contributed by atoms with van der Waals surface area (Å²) < 4.78 is 1.87. The second kappa shape index (κ2) is 6.87. The van der Waals surface area contributed by atoms with Gasteiger partial charge in [-0.3, -0.25) is 11.3 Å². The molecule has 1 heterocycles. The van der Waals surface area contributed by atoms with Crippen molar-refractivity contribution in [2.45, 2.75) is 25.3 Å². The summed E-state index contributed by atoms with van der Waals surface area (Å²) >= 11 is 0. The van der Waals surface area contributed by atoms with E-state index in [1.165, 1.54) is 0 Å². The van der Waals surface area contributed by atoms with Gasteiger partial charge in [0.05, 0.1) is 17.4 Å². The van der Waals surface area contributed by atoms with Gasteiger partial charge < -0.3 is 0 Å². The molecule has 0 amide bonds. The molecule has 0 aliphatic rings. The molecule has 0 aliphatic heterocycles. The van der Waals surface area contributed by atoms with Gasteiger partial charge >= 0.3 is 0 Å². The second-order valence-electron chi connectivity index (χ2n) is 4.46. The molecule has 0 saturated carbocycles. The minimum Gasteiger partial charge on any atom is -0.271 e. The van der Waals surface area contributed by atoms with Gasteiger partial charge in [-0.15, -0.1) is 6.58 Å². The number of hydrazine groups is 1. The van der Waals surface area contributed by atoms with Crippen molar-refractivity contribution in [1.82, 2.24) is 15.2 Å². The zero-order valence-corrected chi connectivity index (χ0v) is 11.0. The number of hydrogen-bond donors (Lipinski definition) is 2. The molecule has 4 heteroatoms. The van der Waals surface area contributed by atoms with Crippen LogP contribution in [0.1, 0.15) is 31.0 Å². The van der Waals surface area contributed by atoms with Crippen molar-refractivity contribution < 1.29 is 0 Å². The fourth-order valence-electron chi connectivity index (χ4n) is 2.03. The number of hydrogen-bond acceptors (Lipinski definition) is 3. The molecule has 0 spiro atoms. The van der Waals surface area contributed by atoms with Crippen LogP contribution in [0.2, 0.25) is 0 Å². The van der Waals surface area contributed by atoms with E-state index >= 15 is 0 Å². The average molecular weight is 256 g/mol. The molecule has 1 aromatic heterocycles. The van der Waals surface area contributed by atoms with Crippen molar-refractivity contribution in [2.24, 2.45) is 5.84 Å². The molecular weight excluding hydrogens is 236 g/mol. The average Bonchev–Trinajstić information content (AvgIpc) is 2.94. The molecule has 2 rings (SSSR count). The molecule has 4 nitrogen and oxygen atoms in total. The van der Waals surface area contributed by atoms with E-state index in [9.17, 15) is 0 Å². The van der Waals surface area contributed by atoms with Gasteiger partial charge in [0.1, 0.15) is 0 Å². The number of nitrogens with zero attached hydrogens (tertiary/aromatic N) is 2. The molecule has 1 aromatic carbocycles. The Morgan fingerprint density at radius 2 is 2.11 bits per heavy atom. The van der Waals surface area contributed by atoms with Crippen LogP contribution in [-0.2, 0) is 0 Å². The lowest BCUT2D eigenvalue weighted by molar-refractivity contribution is 0.486. The van der Waals surface area contributed by atoms with Crippen molar-refractivity contribution in [3.8, 4) is 5.69 Å². The highest BCUT2D eigenvalue weighted by Gasteiger charge is 2.12. The molecule has 0 saturated heterocycles. The van der Waals surface area contributed by atoms with E-state index in [1.807, 2.05) is 53.4 Å². The molecule has 2 aromatic rings. The summed E-state index contributed by atoms with van der Waals surface area (Å²) in [5, 5.41) is 4.58. The number of benzene rings is 1. The molecule has 0 aliphatic carbocycles. The molecule has 19 heavy (non-hydrogen) atoms. The van der Waals surface area contributed by atoms with Crippen LogP contribution in [0.4, 0.5) is 0 Å². The third kappa shape index (κ3) is 3.53. The van der Waals surface area contributed by atoms with Gasteiger partial charge in [-0.25, -0.2) is 4.68 Å². The van der Waals surface area contributed by atoms with Gasteiger partial charge in [0.15, 0.2) is 0 Å². The van der Waals surface area contributed by atoms with Gasteiger partial charge in [0.25, 0.3) is 0 Å². The summed E-state index contributed by atoms with van der Waals surface area (Å²) in [5.74, 6) is 5.61. The normalized spacial score (nSPS) is 12.3. The highest BCUT2D eigenvalue weighted by Crippen LogP contribution is 2.18. The van der Waals surface area contributed by atoms with Crippen molar-refractivity contribution in [2.75, 3.05) is 0 Å². The molecular formula is C15H20N4. The number of aromatic nitrogens is 2. The summed E-state index contributed by atoms with van der Waals surface area (Å²) in [7, 11) is 0. The van der Waals surface area contributed by atoms with Crippen molar-refractivity contribution >= 4 is 0 Å². The SMILES string of the molecule is C=CCCCC(NN)c1ccn(-c2ccccc2)n1. The second-order valence-corrected chi connectivity index (χ2v) is 4.46. The first kappa shape index (κ1) is 13.5. The molecule has 0 radical (unpaired) electrons. The van der Waals surface area contributed by atoms with Crippen LogP contribution in [0.3, 0.4) is 0 Å². The van der Waals surface area contributed by atoms with Crippen LogP contribution in [0.25, 0.3) is 5.69 Å². The van der Waals surface area contributed by atoms with E-state index < -0.39 is 0 Å². The number of unbranched alkanes of at least 4 members (excludes halogenated alkanes) is 1. The molecule has 3 N–H and O–H groups in total. The van der Waals surface area contributed by atoms with Crippen molar-refractivity contribution in [3.63, 3.8) is 0 Å². The Labute approximate surface area is 113 Å². The van der Waals surface area contributed by atoms with Crippen LogP contribution in [0.15, 0.2) is 55.3 Å². The molecule has 1 atom stereocenters. The largest absolute Gasteiger partial charge is 0.271 e. The maximum atomic E-state index is 5.61. The highest BCUT2D eigenvalue weighted by molar-refractivity contribution is 5.30. The van der Waals surface area contributed by atoms with E-state index in [0.29, 0.717) is 0 Å². The van der Waals surface area contributed by atoms with Crippen LogP contribution in [0.5, 0.6) is 0 Å². The minimum atomic E-state index is 0.0879. The van der Waals surface area contributed by atoms with E-state index in [2.05, 4.69) is 17.1 Å².